The first-order chi connectivity index (χ1) is 11.0. The van der Waals surface area contributed by atoms with Crippen molar-refractivity contribution in [1.82, 2.24) is 10.6 Å². The Kier molecular flexibility index (Phi) is 6.19. The van der Waals surface area contributed by atoms with Gasteiger partial charge in [-0.1, -0.05) is 29.8 Å². The zero-order chi connectivity index (χ0) is 16.8. The number of halogens is 1. The zero-order valence-corrected chi connectivity index (χ0v) is 14.6. The van der Waals surface area contributed by atoms with Gasteiger partial charge in [0.2, 0.25) is 11.8 Å². The molecule has 23 heavy (non-hydrogen) atoms. The van der Waals surface area contributed by atoms with E-state index in [-0.39, 0.29) is 30.3 Å². The number of thiophene rings is 1. The van der Waals surface area contributed by atoms with Gasteiger partial charge in [0, 0.05) is 16.8 Å². The van der Waals surface area contributed by atoms with Crippen molar-refractivity contribution in [3.63, 3.8) is 0 Å². The van der Waals surface area contributed by atoms with E-state index in [2.05, 4.69) is 10.6 Å². The van der Waals surface area contributed by atoms with Gasteiger partial charge in [-0.15, -0.1) is 11.3 Å². The van der Waals surface area contributed by atoms with Crippen LogP contribution >= 0.6 is 22.9 Å². The fourth-order valence-electron chi connectivity index (χ4n) is 2.30. The van der Waals surface area contributed by atoms with Crippen molar-refractivity contribution >= 4 is 34.8 Å². The molecule has 2 amide bonds. The lowest BCUT2D eigenvalue weighted by atomic mass is 10.1. The van der Waals surface area contributed by atoms with Crippen LogP contribution in [0.1, 0.15) is 42.8 Å². The minimum atomic E-state index is -0.306. The van der Waals surface area contributed by atoms with E-state index in [9.17, 15) is 9.59 Å². The van der Waals surface area contributed by atoms with E-state index in [0.717, 1.165) is 10.4 Å². The number of rotatable bonds is 6. The molecule has 2 unspecified atom stereocenters. The monoisotopic (exact) mass is 350 g/mol. The Hall–Kier alpha value is -1.85. The zero-order valence-electron chi connectivity index (χ0n) is 13.0. The molecule has 0 spiro atoms. The first-order valence-corrected chi connectivity index (χ1v) is 8.57. The Balaban J connectivity index is 2.00. The highest BCUT2D eigenvalue weighted by Crippen LogP contribution is 2.23. The lowest BCUT2D eigenvalue weighted by Crippen LogP contribution is -2.33. The molecular weight excluding hydrogens is 332 g/mol. The van der Waals surface area contributed by atoms with Crippen LogP contribution < -0.4 is 10.6 Å². The Morgan fingerprint density at radius 3 is 2.61 bits per heavy atom. The summed E-state index contributed by atoms with van der Waals surface area (Å²) in [6.45, 7) is 3.36. The predicted molar refractivity (Wildman–Crippen MR) is 93.5 cm³/mol. The molecule has 2 aromatic rings. The van der Waals surface area contributed by atoms with Gasteiger partial charge >= 0.3 is 0 Å². The van der Waals surface area contributed by atoms with Gasteiger partial charge in [-0.2, -0.15) is 0 Å². The molecule has 0 bridgehead atoms. The molecule has 0 aliphatic carbocycles. The molecule has 0 aliphatic rings. The molecule has 0 saturated carbocycles. The second kappa shape index (κ2) is 8.13. The predicted octanol–water partition coefficient (Wildman–Crippen LogP) is 3.85. The van der Waals surface area contributed by atoms with Crippen molar-refractivity contribution in [2.75, 3.05) is 0 Å². The lowest BCUT2D eigenvalue weighted by Gasteiger charge is -2.19. The smallest absolute Gasteiger partial charge is 0.222 e. The molecule has 2 N–H and O–H groups in total. The number of hydrogen-bond acceptors (Lipinski definition) is 3. The number of nitrogens with one attached hydrogen (secondary N) is 2. The van der Waals surface area contributed by atoms with Crippen molar-refractivity contribution in [2.45, 2.75) is 32.4 Å². The van der Waals surface area contributed by atoms with Crippen LogP contribution in [0, 0.1) is 0 Å². The molecule has 0 fully saturated rings. The van der Waals surface area contributed by atoms with Crippen LogP contribution in [0.2, 0.25) is 5.02 Å². The molecule has 2 atom stereocenters. The fourth-order valence-corrected chi connectivity index (χ4v) is 3.28. The Labute approximate surface area is 144 Å². The van der Waals surface area contributed by atoms with Gasteiger partial charge in [0.1, 0.15) is 0 Å². The summed E-state index contributed by atoms with van der Waals surface area (Å²) in [6.07, 6.45) is 0.199. The van der Waals surface area contributed by atoms with Gasteiger partial charge in [0.15, 0.2) is 0 Å². The third-order valence-corrected chi connectivity index (χ3v) is 4.60. The van der Waals surface area contributed by atoms with E-state index in [4.69, 9.17) is 11.6 Å². The largest absolute Gasteiger partial charge is 0.350 e. The van der Waals surface area contributed by atoms with Crippen LogP contribution in [0.25, 0.3) is 0 Å². The van der Waals surface area contributed by atoms with E-state index < -0.39 is 0 Å². The molecule has 0 aliphatic heterocycles. The first kappa shape index (κ1) is 17.5. The second-order valence-electron chi connectivity index (χ2n) is 5.32. The molecular formula is C17H19ClN2O2S. The summed E-state index contributed by atoms with van der Waals surface area (Å²) in [5, 5.41) is 8.33. The number of benzene rings is 1. The number of amides is 2. The molecule has 4 nitrogen and oxygen atoms in total. The standard InChI is InChI=1S/C17H19ClN2O2S/c1-11(13-5-3-6-14(18)9-13)19-17(22)10-15(20-12(2)21)16-7-4-8-23-16/h3-9,11,15H,10H2,1-2H3,(H,19,22)(H,20,21). The maximum Gasteiger partial charge on any atom is 0.222 e. The minimum Gasteiger partial charge on any atom is -0.350 e. The van der Waals surface area contributed by atoms with Crippen molar-refractivity contribution in [3.8, 4) is 0 Å². The number of carbonyl (C=O) groups is 2. The highest BCUT2D eigenvalue weighted by molar-refractivity contribution is 7.10. The summed E-state index contributed by atoms with van der Waals surface area (Å²) in [5.41, 5.74) is 0.943. The molecule has 2 rings (SSSR count). The molecule has 1 heterocycles. The maximum atomic E-state index is 12.3. The van der Waals surface area contributed by atoms with Crippen molar-refractivity contribution in [2.24, 2.45) is 0 Å². The number of hydrogen-bond donors (Lipinski definition) is 2. The van der Waals surface area contributed by atoms with Gasteiger partial charge in [0.25, 0.3) is 0 Å². The number of carbonyl (C=O) groups excluding carboxylic acids is 2. The SMILES string of the molecule is CC(=O)NC(CC(=O)NC(C)c1cccc(Cl)c1)c1cccs1. The second-order valence-corrected chi connectivity index (χ2v) is 6.73. The van der Waals surface area contributed by atoms with Gasteiger partial charge in [-0.25, -0.2) is 0 Å². The van der Waals surface area contributed by atoms with Crippen LogP contribution in [0.5, 0.6) is 0 Å². The van der Waals surface area contributed by atoms with Gasteiger partial charge < -0.3 is 10.6 Å². The summed E-state index contributed by atoms with van der Waals surface area (Å²) in [4.78, 5) is 24.6. The molecule has 122 valence electrons. The van der Waals surface area contributed by atoms with E-state index in [1.54, 1.807) is 6.07 Å². The molecule has 6 heteroatoms. The van der Waals surface area contributed by atoms with E-state index in [1.807, 2.05) is 42.6 Å². The average Bonchev–Trinajstić information content (AvgIpc) is 3.00. The normalized spacial score (nSPS) is 13.2. The fraction of sp³-hybridized carbons (Fsp3) is 0.294. The van der Waals surface area contributed by atoms with Gasteiger partial charge in [0.05, 0.1) is 18.5 Å². The van der Waals surface area contributed by atoms with Crippen LogP contribution in [-0.2, 0) is 9.59 Å². The quantitative estimate of drug-likeness (QED) is 0.831. The van der Waals surface area contributed by atoms with Crippen molar-refractivity contribution < 1.29 is 9.59 Å². The highest BCUT2D eigenvalue weighted by Gasteiger charge is 2.19. The van der Waals surface area contributed by atoms with Crippen molar-refractivity contribution in [1.29, 1.82) is 0 Å². The third-order valence-electron chi connectivity index (χ3n) is 3.38. The molecule has 1 aromatic carbocycles. The molecule has 1 aromatic heterocycles. The third kappa shape index (κ3) is 5.37. The average molecular weight is 351 g/mol. The Bertz CT molecular complexity index is 673. The molecule has 0 radical (unpaired) electrons. The minimum absolute atomic E-state index is 0.121. The topological polar surface area (TPSA) is 58.2 Å². The van der Waals surface area contributed by atoms with Crippen LogP contribution in [0.4, 0.5) is 0 Å². The van der Waals surface area contributed by atoms with E-state index in [1.165, 1.54) is 18.3 Å². The van der Waals surface area contributed by atoms with Gasteiger partial charge in [-0.3, -0.25) is 9.59 Å². The highest BCUT2D eigenvalue weighted by atomic mass is 35.5. The van der Waals surface area contributed by atoms with Crippen molar-refractivity contribution in [3.05, 3.63) is 57.2 Å². The first-order valence-electron chi connectivity index (χ1n) is 7.31. The van der Waals surface area contributed by atoms with Crippen LogP contribution in [-0.4, -0.2) is 11.8 Å². The maximum absolute atomic E-state index is 12.3. The summed E-state index contributed by atoms with van der Waals surface area (Å²) < 4.78 is 0. The summed E-state index contributed by atoms with van der Waals surface area (Å²) in [5.74, 6) is -0.274. The summed E-state index contributed by atoms with van der Waals surface area (Å²) in [6, 6.07) is 10.8. The Morgan fingerprint density at radius 1 is 1.22 bits per heavy atom. The van der Waals surface area contributed by atoms with Crippen LogP contribution in [0.15, 0.2) is 41.8 Å². The Morgan fingerprint density at radius 2 is 2.00 bits per heavy atom. The van der Waals surface area contributed by atoms with Crippen LogP contribution in [0.3, 0.4) is 0 Å². The van der Waals surface area contributed by atoms with E-state index >= 15 is 0 Å². The van der Waals surface area contributed by atoms with Gasteiger partial charge in [-0.05, 0) is 36.1 Å². The lowest BCUT2D eigenvalue weighted by molar-refractivity contribution is -0.123. The summed E-state index contributed by atoms with van der Waals surface area (Å²) >= 11 is 7.50. The summed E-state index contributed by atoms with van der Waals surface area (Å²) in [7, 11) is 0. The van der Waals surface area contributed by atoms with E-state index in [0.29, 0.717) is 5.02 Å². The molecule has 0 saturated heterocycles.